The highest BCUT2D eigenvalue weighted by Crippen LogP contribution is 2.59. The molecule has 4 unspecified atom stereocenters. The van der Waals surface area contributed by atoms with E-state index in [-0.39, 0.29) is 37.0 Å². The summed E-state index contributed by atoms with van der Waals surface area (Å²) in [5, 5.41) is 23.4. The van der Waals surface area contributed by atoms with Crippen molar-refractivity contribution >= 4 is 15.8 Å². The van der Waals surface area contributed by atoms with E-state index >= 15 is 0 Å². The number of alkyl halides is 3. The first-order chi connectivity index (χ1) is 22.5. The Morgan fingerprint density at radius 3 is 2.48 bits per heavy atom. The highest BCUT2D eigenvalue weighted by molar-refractivity contribution is 7.88. The van der Waals surface area contributed by atoms with Crippen LogP contribution in [-0.4, -0.2) is 59.6 Å². The lowest BCUT2D eigenvalue weighted by molar-refractivity contribution is -0.274. The number of allylic oxidation sites excluding steroid dienone is 2. The summed E-state index contributed by atoms with van der Waals surface area (Å²) >= 11 is 0. The second-order valence-electron chi connectivity index (χ2n) is 13.5. The van der Waals surface area contributed by atoms with E-state index < -0.39 is 39.3 Å². The molecule has 0 spiro atoms. The van der Waals surface area contributed by atoms with Crippen LogP contribution >= 0.6 is 0 Å². The predicted molar refractivity (Wildman–Crippen MR) is 174 cm³/mol. The van der Waals surface area contributed by atoms with Crippen molar-refractivity contribution in [3.8, 4) is 5.75 Å². The topological polar surface area (TPSA) is 117 Å². The van der Waals surface area contributed by atoms with E-state index in [1.807, 2.05) is 26.0 Å². The van der Waals surface area contributed by atoms with Gasteiger partial charge in [0.2, 0.25) is 15.8 Å². The number of benzene rings is 2. The Labute approximate surface area is 279 Å². The molecule has 1 saturated carbocycles. The zero-order valence-corrected chi connectivity index (χ0v) is 28.1. The van der Waals surface area contributed by atoms with E-state index in [4.69, 9.17) is 4.42 Å². The van der Waals surface area contributed by atoms with E-state index in [1.165, 1.54) is 18.4 Å². The molecule has 2 aromatic carbocycles. The highest BCUT2D eigenvalue weighted by atomic mass is 32.2. The Morgan fingerprint density at radius 1 is 1.10 bits per heavy atom. The Bertz CT molecular complexity index is 1740. The number of nitrogens with zero attached hydrogens (tertiary/aromatic N) is 1. The molecule has 1 aromatic heterocycles. The first-order valence-corrected chi connectivity index (χ1v) is 17.9. The number of carbonyl (C=O) groups excluding carboxylic acids is 1. The first-order valence-electron chi connectivity index (χ1n) is 16.0. The molecule has 8 nitrogen and oxygen atoms in total. The van der Waals surface area contributed by atoms with Crippen molar-refractivity contribution in [2.45, 2.75) is 89.3 Å². The van der Waals surface area contributed by atoms with E-state index in [0.29, 0.717) is 49.7 Å². The quantitative estimate of drug-likeness (QED) is 0.195. The standard InChI is InChI=1S/C36H42F3NO7S/c1-24-6-4-17-34(2)31(29-15-11-26(20-27(41)12-8-24)21-30(29)33(42)32-7-5-19-46-32)16-18-35(34,43)23-40(48(3,44)45)22-25-9-13-28(14-10-25)47-36(37,38)39/h5-7,9-11,13-15,19,21,27,31,41,43H,4,8,12,16-18,20,22-23H2,1-3H3. The number of furan rings is 1. The Balaban J connectivity index is 1.54. The average molecular weight is 690 g/mol. The van der Waals surface area contributed by atoms with Gasteiger partial charge in [0.15, 0.2) is 5.76 Å². The van der Waals surface area contributed by atoms with Crippen molar-refractivity contribution < 1.29 is 45.8 Å². The number of carbonyl (C=O) groups is 1. The number of sulfonamides is 1. The number of hydrogen-bond acceptors (Lipinski definition) is 7. The molecule has 0 saturated heterocycles. The van der Waals surface area contributed by atoms with Gasteiger partial charge in [0, 0.05) is 24.1 Å². The van der Waals surface area contributed by atoms with Gasteiger partial charge in [0.1, 0.15) is 5.75 Å². The van der Waals surface area contributed by atoms with E-state index in [0.717, 1.165) is 39.4 Å². The van der Waals surface area contributed by atoms with Crippen molar-refractivity contribution in [1.82, 2.24) is 4.31 Å². The molecule has 48 heavy (non-hydrogen) atoms. The minimum atomic E-state index is -4.86. The van der Waals surface area contributed by atoms with Crippen LogP contribution < -0.4 is 4.74 Å². The number of fused-ring (bicyclic) bond motifs is 8. The largest absolute Gasteiger partial charge is 0.573 e. The van der Waals surface area contributed by atoms with Crippen molar-refractivity contribution in [3.63, 3.8) is 0 Å². The maximum Gasteiger partial charge on any atom is 0.573 e. The molecule has 1 heterocycles. The number of hydrogen-bond donors (Lipinski definition) is 2. The van der Waals surface area contributed by atoms with E-state index in [2.05, 4.69) is 10.8 Å². The Morgan fingerprint density at radius 2 is 1.83 bits per heavy atom. The molecule has 1 fully saturated rings. The second-order valence-corrected chi connectivity index (χ2v) is 15.5. The lowest BCUT2D eigenvalue weighted by Crippen LogP contribution is -2.53. The lowest BCUT2D eigenvalue weighted by atomic mass is 9.65. The third-order valence-corrected chi connectivity index (χ3v) is 11.3. The summed E-state index contributed by atoms with van der Waals surface area (Å²) in [5.41, 5.74) is 1.03. The summed E-state index contributed by atoms with van der Waals surface area (Å²) in [6.07, 6.45) is 2.47. The number of rotatable bonds is 8. The van der Waals surface area contributed by atoms with Crippen molar-refractivity contribution in [2.75, 3.05) is 12.8 Å². The predicted octanol–water partition coefficient (Wildman–Crippen LogP) is 6.91. The molecule has 12 heteroatoms. The zero-order valence-electron chi connectivity index (χ0n) is 27.3. The van der Waals surface area contributed by atoms with Crippen LogP contribution in [0.15, 0.2) is 76.9 Å². The molecular formula is C36H42F3NO7S. The minimum absolute atomic E-state index is 0.165. The normalized spacial score (nSPS) is 25.4. The third-order valence-electron chi connectivity index (χ3n) is 10.1. The molecule has 4 atom stereocenters. The smallest absolute Gasteiger partial charge is 0.461 e. The van der Waals surface area contributed by atoms with Gasteiger partial charge < -0.3 is 19.4 Å². The van der Waals surface area contributed by atoms with E-state index in [9.17, 15) is 36.6 Å². The average Bonchev–Trinajstić information content (AvgIpc) is 3.62. The maximum atomic E-state index is 13.9. The molecule has 0 amide bonds. The molecule has 6 rings (SSSR count). The summed E-state index contributed by atoms with van der Waals surface area (Å²) in [4.78, 5) is 13.9. The van der Waals surface area contributed by atoms with Gasteiger partial charge in [-0.15, -0.1) is 13.2 Å². The van der Waals surface area contributed by atoms with Crippen LogP contribution in [0.1, 0.15) is 91.1 Å². The van der Waals surface area contributed by atoms with Crippen LogP contribution in [0.5, 0.6) is 5.75 Å². The number of ether oxygens (including phenoxy) is 1. The molecule has 0 radical (unpaired) electrons. The second kappa shape index (κ2) is 13.8. The van der Waals surface area contributed by atoms with E-state index in [1.54, 1.807) is 18.2 Å². The van der Waals surface area contributed by atoms with Crippen molar-refractivity contribution in [2.24, 2.45) is 5.41 Å². The number of ketones is 1. The molecule has 3 aliphatic carbocycles. The molecular weight excluding hydrogens is 647 g/mol. The van der Waals surface area contributed by atoms with Gasteiger partial charge in [-0.2, -0.15) is 4.31 Å². The fourth-order valence-electron chi connectivity index (χ4n) is 7.32. The fraction of sp³-hybridized carbons (Fsp3) is 0.472. The van der Waals surface area contributed by atoms with Gasteiger partial charge in [-0.25, -0.2) is 8.42 Å². The Hall–Kier alpha value is -3.45. The van der Waals surface area contributed by atoms with Crippen molar-refractivity contribution in [3.05, 3.63) is 101 Å². The van der Waals surface area contributed by atoms with Gasteiger partial charge in [-0.05, 0) is 105 Å². The maximum absolute atomic E-state index is 13.9. The first kappa shape index (κ1) is 35.8. The molecule has 3 aromatic rings. The zero-order chi connectivity index (χ0) is 34.9. The number of halogens is 3. The monoisotopic (exact) mass is 689 g/mol. The van der Waals surface area contributed by atoms with Crippen LogP contribution in [-0.2, 0) is 23.0 Å². The van der Waals surface area contributed by atoms with Crippen molar-refractivity contribution in [1.29, 1.82) is 0 Å². The third kappa shape index (κ3) is 8.05. The van der Waals surface area contributed by atoms with Crippen LogP contribution in [0.3, 0.4) is 0 Å². The molecule has 2 bridgehead atoms. The molecule has 260 valence electrons. The van der Waals surface area contributed by atoms with Crippen LogP contribution in [0, 0.1) is 5.41 Å². The molecule has 0 aliphatic heterocycles. The van der Waals surface area contributed by atoms with Crippen LogP contribution in [0.25, 0.3) is 0 Å². The highest BCUT2D eigenvalue weighted by Gasteiger charge is 2.58. The van der Waals surface area contributed by atoms with Gasteiger partial charge in [-0.3, -0.25) is 4.79 Å². The molecule has 2 N–H and O–H groups in total. The Kier molecular flexibility index (Phi) is 10.3. The lowest BCUT2D eigenvalue weighted by Gasteiger charge is -2.45. The molecule has 3 aliphatic rings. The minimum Gasteiger partial charge on any atom is -0.461 e. The summed E-state index contributed by atoms with van der Waals surface area (Å²) in [5.74, 6) is -0.918. The summed E-state index contributed by atoms with van der Waals surface area (Å²) in [7, 11) is -3.90. The number of aliphatic hydroxyl groups is 2. The van der Waals surface area contributed by atoms with Gasteiger partial charge in [-0.1, -0.05) is 42.8 Å². The van der Waals surface area contributed by atoms with Gasteiger partial charge in [0.05, 0.1) is 24.2 Å². The summed E-state index contributed by atoms with van der Waals surface area (Å²) < 4.78 is 74.9. The van der Waals surface area contributed by atoms with Gasteiger partial charge in [0.25, 0.3) is 0 Å². The van der Waals surface area contributed by atoms with Gasteiger partial charge >= 0.3 is 6.36 Å². The SMILES string of the molecule is CC1=CCCC2(C)C(CCC2(O)CN(Cc2ccc(OC(F)(F)F)cc2)S(C)(=O)=O)c2ccc(cc2C(=O)c2ccco2)CC(O)CC1. The van der Waals surface area contributed by atoms with Crippen LogP contribution in [0.2, 0.25) is 0 Å². The summed E-state index contributed by atoms with van der Waals surface area (Å²) in [6.45, 7) is 3.52. The number of aliphatic hydroxyl groups excluding tert-OH is 1. The fourth-order valence-corrected chi connectivity index (χ4v) is 8.15. The summed E-state index contributed by atoms with van der Waals surface area (Å²) in [6, 6.07) is 13.8. The van der Waals surface area contributed by atoms with Crippen LogP contribution in [0.4, 0.5) is 13.2 Å².